The highest BCUT2D eigenvalue weighted by Gasteiger charge is 2.21. The van der Waals surface area contributed by atoms with E-state index in [0.29, 0.717) is 29.5 Å². The van der Waals surface area contributed by atoms with Crippen LogP contribution in [0.25, 0.3) is 0 Å². The first-order valence-corrected chi connectivity index (χ1v) is 9.31. The summed E-state index contributed by atoms with van der Waals surface area (Å²) in [5.74, 6) is 0.376. The summed E-state index contributed by atoms with van der Waals surface area (Å²) < 4.78 is 0.708. The number of nitrogens with one attached hydrogen (secondary N) is 2. The van der Waals surface area contributed by atoms with E-state index in [1.165, 1.54) is 0 Å². The van der Waals surface area contributed by atoms with Gasteiger partial charge in [0.2, 0.25) is 5.91 Å². The SMILES string of the molecule is CSCCC(NC(=O)c1ccccc1Br)C(=O)NCCCN. The van der Waals surface area contributed by atoms with Crippen LogP contribution in [-0.2, 0) is 4.79 Å². The fourth-order valence-electron chi connectivity index (χ4n) is 1.82. The molecule has 1 unspecified atom stereocenters. The Balaban J connectivity index is 2.69. The smallest absolute Gasteiger partial charge is 0.253 e. The lowest BCUT2D eigenvalue weighted by molar-refractivity contribution is -0.123. The molecule has 0 aliphatic rings. The van der Waals surface area contributed by atoms with Gasteiger partial charge in [-0.25, -0.2) is 0 Å². The summed E-state index contributed by atoms with van der Waals surface area (Å²) >= 11 is 4.99. The summed E-state index contributed by atoms with van der Waals surface area (Å²) in [5.41, 5.74) is 5.93. The van der Waals surface area contributed by atoms with Crippen LogP contribution in [0.1, 0.15) is 23.2 Å². The first-order chi connectivity index (χ1) is 10.6. The molecular formula is C15H22BrN3O2S. The predicted molar refractivity (Wildman–Crippen MR) is 95.1 cm³/mol. The molecule has 5 nitrogen and oxygen atoms in total. The second-order valence-electron chi connectivity index (χ2n) is 4.72. The molecule has 1 rings (SSSR count). The van der Waals surface area contributed by atoms with Crippen LogP contribution in [0.3, 0.4) is 0 Å². The van der Waals surface area contributed by atoms with E-state index in [4.69, 9.17) is 5.73 Å². The molecule has 0 bridgehead atoms. The number of hydrogen-bond acceptors (Lipinski definition) is 4. The number of carbonyl (C=O) groups excluding carboxylic acids is 2. The Morgan fingerprint density at radius 3 is 2.73 bits per heavy atom. The second-order valence-corrected chi connectivity index (χ2v) is 6.56. The van der Waals surface area contributed by atoms with Gasteiger partial charge >= 0.3 is 0 Å². The molecule has 4 N–H and O–H groups in total. The van der Waals surface area contributed by atoms with Crippen molar-refractivity contribution in [1.82, 2.24) is 10.6 Å². The van der Waals surface area contributed by atoms with Crippen LogP contribution < -0.4 is 16.4 Å². The van der Waals surface area contributed by atoms with E-state index in [-0.39, 0.29) is 11.8 Å². The normalized spacial score (nSPS) is 11.8. The third-order valence-corrected chi connectivity index (χ3v) is 4.37. The van der Waals surface area contributed by atoms with Gasteiger partial charge in [0.15, 0.2) is 0 Å². The van der Waals surface area contributed by atoms with Crippen molar-refractivity contribution in [1.29, 1.82) is 0 Å². The minimum atomic E-state index is -0.537. The van der Waals surface area contributed by atoms with Crippen molar-refractivity contribution < 1.29 is 9.59 Å². The molecule has 122 valence electrons. The number of carbonyl (C=O) groups is 2. The molecule has 0 saturated heterocycles. The van der Waals surface area contributed by atoms with Gasteiger partial charge in [-0.2, -0.15) is 11.8 Å². The Bertz CT molecular complexity index is 499. The van der Waals surface area contributed by atoms with Crippen LogP contribution in [0.4, 0.5) is 0 Å². The highest BCUT2D eigenvalue weighted by Crippen LogP contribution is 2.16. The van der Waals surface area contributed by atoms with Crippen LogP contribution >= 0.6 is 27.7 Å². The van der Waals surface area contributed by atoms with Gasteiger partial charge in [0.25, 0.3) is 5.91 Å². The largest absolute Gasteiger partial charge is 0.354 e. The summed E-state index contributed by atoms with van der Waals surface area (Å²) in [5, 5.41) is 5.62. The molecule has 2 amide bonds. The van der Waals surface area contributed by atoms with Crippen LogP contribution in [0.2, 0.25) is 0 Å². The van der Waals surface area contributed by atoms with Crippen molar-refractivity contribution in [3.63, 3.8) is 0 Å². The van der Waals surface area contributed by atoms with Crippen molar-refractivity contribution in [2.45, 2.75) is 18.9 Å². The van der Waals surface area contributed by atoms with E-state index < -0.39 is 6.04 Å². The quantitative estimate of drug-likeness (QED) is 0.563. The van der Waals surface area contributed by atoms with Gasteiger partial charge in [-0.1, -0.05) is 12.1 Å². The third kappa shape index (κ3) is 6.37. The number of rotatable bonds is 9. The van der Waals surface area contributed by atoms with Gasteiger partial charge in [-0.3, -0.25) is 9.59 Å². The lowest BCUT2D eigenvalue weighted by Gasteiger charge is -2.18. The van der Waals surface area contributed by atoms with E-state index in [1.54, 1.807) is 30.0 Å². The number of benzene rings is 1. The van der Waals surface area contributed by atoms with Crippen molar-refractivity contribution >= 4 is 39.5 Å². The number of hydrogen-bond donors (Lipinski definition) is 3. The first kappa shape index (κ1) is 19.0. The van der Waals surface area contributed by atoms with Gasteiger partial charge in [0, 0.05) is 11.0 Å². The third-order valence-electron chi connectivity index (χ3n) is 3.03. The Morgan fingerprint density at radius 1 is 1.36 bits per heavy atom. The molecule has 0 aliphatic carbocycles. The molecule has 7 heteroatoms. The Kier molecular flexibility index (Phi) is 9.19. The summed E-state index contributed by atoms with van der Waals surface area (Å²) in [6.45, 7) is 1.05. The van der Waals surface area contributed by atoms with E-state index in [0.717, 1.165) is 12.2 Å². The molecule has 1 aromatic carbocycles. The zero-order valence-corrected chi connectivity index (χ0v) is 15.0. The highest BCUT2D eigenvalue weighted by molar-refractivity contribution is 9.10. The van der Waals surface area contributed by atoms with Crippen molar-refractivity contribution in [3.05, 3.63) is 34.3 Å². The van der Waals surface area contributed by atoms with Crippen molar-refractivity contribution in [2.24, 2.45) is 5.73 Å². The average Bonchev–Trinajstić information content (AvgIpc) is 2.51. The van der Waals surface area contributed by atoms with Crippen molar-refractivity contribution in [2.75, 3.05) is 25.1 Å². The molecule has 0 spiro atoms. The second kappa shape index (κ2) is 10.6. The highest BCUT2D eigenvalue weighted by atomic mass is 79.9. The molecule has 0 aromatic heterocycles. The van der Waals surface area contributed by atoms with Gasteiger partial charge < -0.3 is 16.4 Å². The zero-order chi connectivity index (χ0) is 16.4. The lowest BCUT2D eigenvalue weighted by Crippen LogP contribution is -2.47. The van der Waals surface area contributed by atoms with E-state index in [2.05, 4.69) is 26.6 Å². The van der Waals surface area contributed by atoms with Gasteiger partial charge in [0.05, 0.1) is 5.56 Å². The topological polar surface area (TPSA) is 84.2 Å². The number of thioether (sulfide) groups is 1. The number of halogens is 1. The first-order valence-electron chi connectivity index (χ1n) is 7.12. The molecule has 0 saturated carbocycles. The van der Waals surface area contributed by atoms with Crippen molar-refractivity contribution in [3.8, 4) is 0 Å². The fourth-order valence-corrected chi connectivity index (χ4v) is 2.76. The predicted octanol–water partition coefficient (Wildman–Crippen LogP) is 1.77. The Morgan fingerprint density at radius 2 is 2.09 bits per heavy atom. The Labute approximate surface area is 143 Å². The zero-order valence-electron chi connectivity index (χ0n) is 12.6. The van der Waals surface area contributed by atoms with Gasteiger partial charge in [0.1, 0.15) is 6.04 Å². The monoisotopic (exact) mass is 387 g/mol. The molecule has 0 fully saturated rings. The maximum absolute atomic E-state index is 12.3. The minimum absolute atomic E-state index is 0.164. The fraction of sp³-hybridized carbons (Fsp3) is 0.467. The minimum Gasteiger partial charge on any atom is -0.354 e. The standard InChI is InChI=1S/C15H22BrN3O2S/c1-22-10-7-13(15(21)18-9-4-8-17)19-14(20)11-5-2-3-6-12(11)16/h2-3,5-6,13H,4,7-10,17H2,1H3,(H,18,21)(H,19,20). The van der Waals surface area contributed by atoms with Crippen LogP contribution in [-0.4, -0.2) is 43.0 Å². The number of nitrogens with two attached hydrogens (primary N) is 1. The average molecular weight is 388 g/mol. The summed E-state index contributed by atoms with van der Waals surface area (Å²) in [7, 11) is 0. The number of amides is 2. The molecule has 1 atom stereocenters. The molecule has 0 aliphatic heterocycles. The lowest BCUT2D eigenvalue weighted by atomic mass is 10.1. The van der Waals surface area contributed by atoms with Gasteiger partial charge in [-0.15, -0.1) is 0 Å². The Hall–Kier alpha value is -1.05. The maximum Gasteiger partial charge on any atom is 0.253 e. The molecule has 22 heavy (non-hydrogen) atoms. The van der Waals surface area contributed by atoms with Crippen LogP contribution in [0, 0.1) is 0 Å². The molecule has 0 heterocycles. The molecule has 1 aromatic rings. The summed E-state index contributed by atoms with van der Waals surface area (Å²) in [4.78, 5) is 24.5. The van der Waals surface area contributed by atoms with Crippen LogP contribution in [0.5, 0.6) is 0 Å². The van der Waals surface area contributed by atoms with E-state index in [1.807, 2.05) is 12.3 Å². The summed E-state index contributed by atoms with van der Waals surface area (Å²) in [6.07, 6.45) is 3.28. The van der Waals surface area contributed by atoms with E-state index >= 15 is 0 Å². The molecular weight excluding hydrogens is 366 g/mol. The van der Waals surface area contributed by atoms with E-state index in [9.17, 15) is 9.59 Å². The summed E-state index contributed by atoms with van der Waals surface area (Å²) in [6, 6.07) is 6.61. The van der Waals surface area contributed by atoms with Gasteiger partial charge in [-0.05, 0) is 59.5 Å². The maximum atomic E-state index is 12.3. The van der Waals surface area contributed by atoms with Crippen LogP contribution in [0.15, 0.2) is 28.7 Å². The molecule has 0 radical (unpaired) electrons.